The lowest BCUT2D eigenvalue weighted by atomic mass is 10.0. The summed E-state index contributed by atoms with van der Waals surface area (Å²) in [7, 11) is 1.60. The second kappa shape index (κ2) is 5.52. The van der Waals surface area contributed by atoms with Crippen LogP contribution in [-0.4, -0.2) is 17.9 Å². The average Bonchev–Trinajstić information content (AvgIpc) is 2.41. The van der Waals surface area contributed by atoms with Crippen LogP contribution in [0.15, 0.2) is 36.5 Å². The molecule has 1 aromatic carbocycles. The van der Waals surface area contributed by atoms with Gasteiger partial charge in [-0.25, -0.2) is 4.98 Å². The number of methoxy groups -OCH3 is 1. The molecule has 0 aliphatic carbocycles. The van der Waals surface area contributed by atoms with Gasteiger partial charge in [-0.2, -0.15) is 0 Å². The standard InChI is InChI=1S/C15H16N2O2/c1-10-6-13(15(16)17-9-10)14(18)8-11-4-3-5-12(7-11)19-2/h3-7,9H,8H2,1-2H3,(H2,16,17). The highest BCUT2D eigenvalue weighted by atomic mass is 16.5. The van der Waals surface area contributed by atoms with Gasteiger partial charge < -0.3 is 10.5 Å². The van der Waals surface area contributed by atoms with E-state index in [1.807, 2.05) is 31.2 Å². The van der Waals surface area contributed by atoms with Gasteiger partial charge in [0.1, 0.15) is 11.6 Å². The first-order chi connectivity index (χ1) is 9.10. The van der Waals surface area contributed by atoms with E-state index < -0.39 is 0 Å². The van der Waals surface area contributed by atoms with Crippen LogP contribution in [0.5, 0.6) is 5.75 Å². The van der Waals surface area contributed by atoms with Gasteiger partial charge in [0.2, 0.25) is 0 Å². The van der Waals surface area contributed by atoms with Gasteiger partial charge in [0.15, 0.2) is 5.78 Å². The van der Waals surface area contributed by atoms with E-state index in [-0.39, 0.29) is 18.0 Å². The monoisotopic (exact) mass is 256 g/mol. The number of nitrogens with two attached hydrogens (primary N) is 1. The van der Waals surface area contributed by atoms with Crippen molar-refractivity contribution in [2.45, 2.75) is 13.3 Å². The van der Waals surface area contributed by atoms with E-state index in [0.29, 0.717) is 5.56 Å². The molecule has 0 spiro atoms. The van der Waals surface area contributed by atoms with Crippen molar-refractivity contribution in [3.05, 3.63) is 53.2 Å². The van der Waals surface area contributed by atoms with Gasteiger partial charge in [-0.1, -0.05) is 12.1 Å². The van der Waals surface area contributed by atoms with Crippen molar-refractivity contribution >= 4 is 11.6 Å². The molecule has 0 bridgehead atoms. The molecule has 0 amide bonds. The summed E-state index contributed by atoms with van der Waals surface area (Å²) in [5.41, 5.74) is 8.03. The Hall–Kier alpha value is -2.36. The minimum Gasteiger partial charge on any atom is -0.497 e. The van der Waals surface area contributed by atoms with Gasteiger partial charge in [-0.3, -0.25) is 4.79 Å². The number of ketones is 1. The topological polar surface area (TPSA) is 65.2 Å². The Balaban J connectivity index is 2.23. The first-order valence-corrected chi connectivity index (χ1v) is 5.98. The Morgan fingerprint density at radius 1 is 1.37 bits per heavy atom. The van der Waals surface area contributed by atoms with Crippen molar-refractivity contribution in [3.63, 3.8) is 0 Å². The highest BCUT2D eigenvalue weighted by Crippen LogP contribution is 2.17. The Kier molecular flexibility index (Phi) is 3.80. The number of nitrogens with zero attached hydrogens (tertiary/aromatic N) is 1. The summed E-state index contributed by atoms with van der Waals surface area (Å²) in [5, 5.41) is 0. The van der Waals surface area contributed by atoms with Gasteiger partial charge in [-0.05, 0) is 36.2 Å². The highest BCUT2D eigenvalue weighted by molar-refractivity contribution is 6.01. The zero-order valence-corrected chi connectivity index (χ0v) is 11.0. The van der Waals surface area contributed by atoms with Gasteiger partial charge in [0.05, 0.1) is 12.7 Å². The van der Waals surface area contributed by atoms with Crippen LogP contribution in [0.2, 0.25) is 0 Å². The van der Waals surface area contributed by atoms with Crippen molar-refractivity contribution < 1.29 is 9.53 Å². The SMILES string of the molecule is COc1cccc(CC(=O)c2cc(C)cnc2N)c1. The molecule has 0 saturated carbocycles. The summed E-state index contributed by atoms with van der Waals surface area (Å²) >= 11 is 0. The molecule has 4 nitrogen and oxygen atoms in total. The summed E-state index contributed by atoms with van der Waals surface area (Å²) in [6.45, 7) is 1.88. The fraction of sp³-hybridized carbons (Fsp3) is 0.200. The molecule has 1 aromatic heterocycles. The number of hydrogen-bond donors (Lipinski definition) is 1. The van der Waals surface area contributed by atoms with Crippen LogP contribution in [0.25, 0.3) is 0 Å². The molecule has 4 heteroatoms. The van der Waals surface area contributed by atoms with Gasteiger partial charge >= 0.3 is 0 Å². The quantitative estimate of drug-likeness (QED) is 0.853. The number of rotatable bonds is 4. The minimum atomic E-state index is -0.0399. The van der Waals surface area contributed by atoms with Crippen molar-refractivity contribution in [2.24, 2.45) is 0 Å². The van der Waals surface area contributed by atoms with Crippen LogP contribution < -0.4 is 10.5 Å². The number of ether oxygens (including phenoxy) is 1. The maximum absolute atomic E-state index is 12.2. The number of nitrogen functional groups attached to an aromatic ring is 1. The summed E-state index contributed by atoms with van der Waals surface area (Å²) < 4.78 is 5.14. The second-order valence-corrected chi connectivity index (χ2v) is 4.40. The lowest BCUT2D eigenvalue weighted by Gasteiger charge is -2.06. The third-order valence-corrected chi connectivity index (χ3v) is 2.85. The van der Waals surface area contributed by atoms with E-state index in [2.05, 4.69) is 4.98 Å². The third-order valence-electron chi connectivity index (χ3n) is 2.85. The molecule has 1 heterocycles. The summed E-state index contributed by atoms with van der Waals surface area (Å²) in [5.74, 6) is 0.973. The fourth-order valence-electron chi connectivity index (χ4n) is 1.87. The van der Waals surface area contributed by atoms with E-state index >= 15 is 0 Å². The Labute approximate surface area is 112 Å². The van der Waals surface area contributed by atoms with Gasteiger partial charge in [0, 0.05) is 12.6 Å². The van der Waals surface area contributed by atoms with Crippen molar-refractivity contribution in [3.8, 4) is 5.75 Å². The predicted octanol–water partition coefficient (Wildman–Crippen LogP) is 2.41. The maximum Gasteiger partial charge on any atom is 0.170 e. The molecular formula is C15H16N2O2. The number of carbonyl (C=O) groups is 1. The van der Waals surface area contributed by atoms with Crippen LogP contribution in [0, 0.1) is 6.92 Å². The van der Waals surface area contributed by atoms with Crippen LogP contribution >= 0.6 is 0 Å². The lowest BCUT2D eigenvalue weighted by molar-refractivity contribution is 0.0993. The fourth-order valence-corrected chi connectivity index (χ4v) is 1.87. The number of pyridine rings is 1. The normalized spacial score (nSPS) is 10.2. The van der Waals surface area contributed by atoms with Crippen LogP contribution in [0.1, 0.15) is 21.5 Å². The number of hydrogen-bond acceptors (Lipinski definition) is 4. The van der Waals surface area contributed by atoms with Gasteiger partial charge in [-0.15, -0.1) is 0 Å². The zero-order valence-electron chi connectivity index (χ0n) is 11.0. The Morgan fingerprint density at radius 3 is 2.89 bits per heavy atom. The summed E-state index contributed by atoms with van der Waals surface area (Å²) in [6, 6.07) is 9.21. The first kappa shape index (κ1) is 13.1. The molecule has 19 heavy (non-hydrogen) atoms. The molecule has 2 N–H and O–H groups in total. The largest absolute Gasteiger partial charge is 0.497 e. The Bertz CT molecular complexity index is 609. The maximum atomic E-state index is 12.2. The highest BCUT2D eigenvalue weighted by Gasteiger charge is 2.12. The van der Waals surface area contributed by atoms with Crippen LogP contribution in [0.4, 0.5) is 5.82 Å². The molecule has 0 unspecified atom stereocenters. The number of aryl methyl sites for hydroxylation is 1. The van der Waals surface area contributed by atoms with E-state index in [1.54, 1.807) is 19.4 Å². The lowest BCUT2D eigenvalue weighted by Crippen LogP contribution is -2.09. The molecule has 0 atom stereocenters. The molecule has 98 valence electrons. The molecule has 0 aliphatic rings. The van der Waals surface area contributed by atoms with Gasteiger partial charge in [0.25, 0.3) is 0 Å². The molecule has 2 rings (SSSR count). The van der Waals surface area contributed by atoms with E-state index in [0.717, 1.165) is 16.9 Å². The molecular weight excluding hydrogens is 240 g/mol. The van der Waals surface area contributed by atoms with E-state index in [1.165, 1.54) is 0 Å². The number of Topliss-reactive ketones (excluding diaryl/α,β-unsaturated/α-hetero) is 1. The summed E-state index contributed by atoms with van der Waals surface area (Å²) in [4.78, 5) is 16.2. The number of anilines is 1. The Morgan fingerprint density at radius 2 is 2.16 bits per heavy atom. The van der Waals surface area contributed by atoms with E-state index in [9.17, 15) is 4.79 Å². The second-order valence-electron chi connectivity index (χ2n) is 4.40. The smallest absolute Gasteiger partial charge is 0.170 e. The van der Waals surface area contributed by atoms with Crippen LogP contribution in [0.3, 0.4) is 0 Å². The molecule has 0 saturated heterocycles. The zero-order chi connectivity index (χ0) is 13.8. The predicted molar refractivity (Wildman–Crippen MR) is 74.4 cm³/mol. The van der Waals surface area contributed by atoms with Crippen molar-refractivity contribution in [2.75, 3.05) is 12.8 Å². The van der Waals surface area contributed by atoms with Crippen LogP contribution in [-0.2, 0) is 6.42 Å². The molecule has 2 aromatic rings. The number of aromatic nitrogens is 1. The van der Waals surface area contributed by atoms with Crippen molar-refractivity contribution in [1.29, 1.82) is 0 Å². The first-order valence-electron chi connectivity index (χ1n) is 5.98. The average molecular weight is 256 g/mol. The molecule has 0 fully saturated rings. The third kappa shape index (κ3) is 3.10. The number of benzene rings is 1. The van der Waals surface area contributed by atoms with E-state index in [4.69, 9.17) is 10.5 Å². The summed E-state index contributed by atoms with van der Waals surface area (Å²) in [6.07, 6.45) is 1.93. The van der Waals surface area contributed by atoms with Crippen molar-refractivity contribution in [1.82, 2.24) is 4.98 Å². The minimum absolute atomic E-state index is 0.0399. The molecule has 0 radical (unpaired) electrons. The molecule has 0 aliphatic heterocycles. The number of carbonyl (C=O) groups excluding carboxylic acids is 1.